The van der Waals surface area contributed by atoms with Crippen molar-refractivity contribution in [1.82, 2.24) is 0 Å². The van der Waals surface area contributed by atoms with Gasteiger partial charge in [-0.25, -0.2) is 0 Å². The lowest BCUT2D eigenvalue weighted by Gasteiger charge is -2.04. The van der Waals surface area contributed by atoms with E-state index in [0.29, 0.717) is 22.3 Å². The number of thioether (sulfide) groups is 1. The van der Waals surface area contributed by atoms with Crippen LogP contribution in [-0.4, -0.2) is 17.5 Å². The highest BCUT2D eigenvalue weighted by Gasteiger charge is 2.05. The fraction of sp³-hybridized carbons (Fsp3) is 0.222. The number of carbonyl (C=O) groups is 1. The topological polar surface area (TPSA) is 29.1 Å². The molecule has 0 fully saturated rings. The van der Waals surface area contributed by atoms with Gasteiger partial charge in [0, 0.05) is 10.6 Å². The zero-order valence-electron chi connectivity index (χ0n) is 7.54. The van der Waals surface area contributed by atoms with Crippen LogP contribution in [0.1, 0.15) is 0 Å². The molecule has 82 valence electrons. The molecule has 6 heteroatoms. The first-order chi connectivity index (χ1) is 7.11. The number of anilines is 1. The van der Waals surface area contributed by atoms with E-state index in [1.54, 1.807) is 12.1 Å². The minimum Gasteiger partial charge on any atom is -0.325 e. The van der Waals surface area contributed by atoms with Crippen molar-refractivity contribution in [1.29, 1.82) is 0 Å². The molecule has 0 unspecified atom stereocenters. The Kier molecular flexibility index (Phi) is 4.84. The molecule has 2 nitrogen and oxygen atoms in total. The standard InChI is InChI=1S/C9H8ClF2NOS/c10-5-8(14)13-6-1-3-7(4-2-6)15-9(11)12/h1-4,9H,5H2,(H,13,14). The minimum absolute atomic E-state index is 0.131. The maximum absolute atomic E-state index is 12.0. The number of amides is 1. The lowest BCUT2D eigenvalue weighted by atomic mass is 10.3. The second kappa shape index (κ2) is 5.92. The van der Waals surface area contributed by atoms with Crippen molar-refractivity contribution in [3.05, 3.63) is 24.3 Å². The second-order valence-corrected chi connectivity index (χ2v) is 3.92. The summed E-state index contributed by atoms with van der Waals surface area (Å²) in [6.45, 7) is 0. The fourth-order valence-electron chi connectivity index (χ4n) is 0.914. The van der Waals surface area contributed by atoms with Crippen LogP contribution in [0.5, 0.6) is 0 Å². The normalized spacial score (nSPS) is 10.4. The summed E-state index contributed by atoms with van der Waals surface area (Å²) in [4.78, 5) is 11.3. The zero-order chi connectivity index (χ0) is 11.3. The van der Waals surface area contributed by atoms with E-state index in [9.17, 15) is 13.6 Å². The van der Waals surface area contributed by atoms with E-state index in [4.69, 9.17) is 11.6 Å². The number of alkyl halides is 3. The quantitative estimate of drug-likeness (QED) is 0.658. The molecule has 1 aromatic rings. The highest BCUT2D eigenvalue weighted by atomic mass is 35.5. The molecule has 0 aliphatic carbocycles. The molecule has 0 aliphatic heterocycles. The average molecular weight is 252 g/mol. The summed E-state index contributed by atoms with van der Waals surface area (Å²) in [7, 11) is 0. The monoisotopic (exact) mass is 251 g/mol. The molecular weight excluding hydrogens is 244 g/mol. The Morgan fingerprint density at radius 2 is 2.00 bits per heavy atom. The summed E-state index contributed by atoms with van der Waals surface area (Å²) >= 11 is 5.75. The van der Waals surface area contributed by atoms with Crippen LogP contribution in [0.25, 0.3) is 0 Å². The van der Waals surface area contributed by atoms with Crippen molar-refractivity contribution in [2.24, 2.45) is 0 Å². The van der Waals surface area contributed by atoms with E-state index in [-0.39, 0.29) is 11.8 Å². The van der Waals surface area contributed by atoms with Gasteiger partial charge in [0.2, 0.25) is 5.91 Å². The number of halogens is 3. The van der Waals surface area contributed by atoms with Crippen molar-refractivity contribution in [3.8, 4) is 0 Å². The van der Waals surface area contributed by atoms with Crippen molar-refractivity contribution in [2.45, 2.75) is 10.7 Å². The molecule has 0 saturated carbocycles. The van der Waals surface area contributed by atoms with Crippen molar-refractivity contribution in [3.63, 3.8) is 0 Å². The Morgan fingerprint density at radius 1 is 1.40 bits per heavy atom. The first-order valence-corrected chi connectivity index (χ1v) is 5.44. The summed E-state index contributed by atoms with van der Waals surface area (Å²) in [5.74, 6) is -2.90. The molecule has 0 heterocycles. The van der Waals surface area contributed by atoms with Gasteiger partial charge in [-0.2, -0.15) is 8.78 Å². The number of carbonyl (C=O) groups excluding carboxylic acids is 1. The number of rotatable bonds is 4. The highest BCUT2D eigenvalue weighted by Crippen LogP contribution is 2.26. The lowest BCUT2D eigenvalue weighted by molar-refractivity contribution is -0.113. The van der Waals surface area contributed by atoms with E-state index in [1.165, 1.54) is 12.1 Å². The van der Waals surface area contributed by atoms with Crippen molar-refractivity contribution in [2.75, 3.05) is 11.2 Å². The van der Waals surface area contributed by atoms with E-state index in [2.05, 4.69) is 5.32 Å². The Hall–Kier alpha value is -0.810. The van der Waals surface area contributed by atoms with E-state index < -0.39 is 5.76 Å². The lowest BCUT2D eigenvalue weighted by Crippen LogP contribution is -2.12. The third kappa shape index (κ3) is 4.48. The Bertz CT molecular complexity index is 331. The molecule has 1 N–H and O–H groups in total. The third-order valence-electron chi connectivity index (χ3n) is 1.48. The number of benzene rings is 1. The van der Waals surface area contributed by atoms with Crippen LogP contribution in [0.15, 0.2) is 29.2 Å². The van der Waals surface area contributed by atoms with Gasteiger partial charge in [0.05, 0.1) is 0 Å². The van der Waals surface area contributed by atoms with Crippen LogP contribution in [0.3, 0.4) is 0 Å². The number of nitrogens with one attached hydrogen (secondary N) is 1. The van der Waals surface area contributed by atoms with Gasteiger partial charge in [0.15, 0.2) is 0 Å². The summed E-state index contributed by atoms with van der Waals surface area (Å²) in [5, 5.41) is 2.50. The van der Waals surface area contributed by atoms with Gasteiger partial charge < -0.3 is 5.32 Å². The first kappa shape index (κ1) is 12.3. The molecular formula is C9H8ClF2NOS. The first-order valence-electron chi connectivity index (χ1n) is 4.02. The molecule has 0 saturated heterocycles. The smallest absolute Gasteiger partial charge is 0.288 e. The van der Waals surface area contributed by atoms with Crippen LogP contribution in [0.2, 0.25) is 0 Å². The molecule has 0 spiro atoms. The minimum atomic E-state index is -2.44. The van der Waals surface area contributed by atoms with Crippen LogP contribution >= 0.6 is 23.4 Å². The molecule has 1 rings (SSSR count). The van der Waals surface area contributed by atoms with E-state index in [1.807, 2.05) is 0 Å². The van der Waals surface area contributed by atoms with Crippen LogP contribution in [0.4, 0.5) is 14.5 Å². The van der Waals surface area contributed by atoms with Crippen LogP contribution < -0.4 is 5.32 Å². The van der Waals surface area contributed by atoms with Crippen molar-refractivity contribution >= 4 is 35.0 Å². The average Bonchev–Trinajstić information content (AvgIpc) is 2.20. The Morgan fingerprint density at radius 3 is 2.47 bits per heavy atom. The fourth-order valence-corrected chi connectivity index (χ4v) is 1.48. The van der Waals surface area contributed by atoms with Gasteiger partial charge in [-0.1, -0.05) is 11.8 Å². The van der Waals surface area contributed by atoms with Gasteiger partial charge in [-0.15, -0.1) is 11.6 Å². The zero-order valence-corrected chi connectivity index (χ0v) is 9.12. The molecule has 15 heavy (non-hydrogen) atoms. The van der Waals surface area contributed by atoms with Gasteiger partial charge in [-0.3, -0.25) is 4.79 Å². The molecule has 0 aliphatic rings. The molecule has 0 aromatic heterocycles. The SMILES string of the molecule is O=C(CCl)Nc1ccc(SC(F)F)cc1. The predicted molar refractivity (Wildman–Crippen MR) is 57.7 cm³/mol. The van der Waals surface area contributed by atoms with Gasteiger partial charge in [0.1, 0.15) is 5.88 Å². The van der Waals surface area contributed by atoms with E-state index >= 15 is 0 Å². The largest absolute Gasteiger partial charge is 0.325 e. The van der Waals surface area contributed by atoms with Crippen LogP contribution in [-0.2, 0) is 4.79 Å². The number of hydrogen-bond acceptors (Lipinski definition) is 2. The predicted octanol–water partition coefficient (Wildman–Crippen LogP) is 3.18. The molecule has 0 bridgehead atoms. The maximum Gasteiger partial charge on any atom is 0.288 e. The van der Waals surface area contributed by atoms with Gasteiger partial charge in [-0.05, 0) is 24.3 Å². The summed E-state index contributed by atoms with van der Waals surface area (Å²) in [6, 6.07) is 6.13. The molecule has 0 atom stereocenters. The van der Waals surface area contributed by atoms with Gasteiger partial charge in [0.25, 0.3) is 5.76 Å². The summed E-state index contributed by atoms with van der Waals surface area (Å²) in [5.41, 5.74) is 0.541. The Labute approximate surface area is 95.0 Å². The van der Waals surface area contributed by atoms with Crippen molar-refractivity contribution < 1.29 is 13.6 Å². The summed E-state index contributed by atoms with van der Waals surface area (Å²) < 4.78 is 23.9. The molecule has 0 radical (unpaired) electrons. The maximum atomic E-state index is 12.0. The molecule has 1 amide bonds. The number of hydrogen-bond donors (Lipinski definition) is 1. The Balaban J connectivity index is 2.60. The molecule has 1 aromatic carbocycles. The second-order valence-electron chi connectivity index (χ2n) is 2.58. The summed E-state index contributed by atoms with van der Waals surface area (Å²) in [6.07, 6.45) is 0. The van der Waals surface area contributed by atoms with Gasteiger partial charge >= 0.3 is 0 Å². The third-order valence-corrected chi connectivity index (χ3v) is 2.45. The van der Waals surface area contributed by atoms with Crippen LogP contribution in [0, 0.1) is 0 Å². The van der Waals surface area contributed by atoms with E-state index in [0.717, 1.165) is 0 Å². The highest BCUT2D eigenvalue weighted by molar-refractivity contribution is 7.99.